The molecule has 0 spiro atoms. The third-order valence-electron chi connectivity index (χ3n) is 2.60. The van der Waals surface area contributed by atoms with Gasteiger partial charge in [-0.3, -0.25) is 0 Å². The van der Waals surface area contributed by atoms with Gasteiger partial charge in [-0.05, 0) is 56.3 Å². The molecule has 3 nitrogen and oxygen atoms in total. The van der Waals surface area contributed by atoms with Crippen molar-refractivity contribution in [3.05, 3.63) is 46.2 Å². The van der Waals surface area contributed by atoms with Crippen molar-refractivity contribution in [3.8, 4) is 0 Å². The van der Waals surface area contributed by atoms with Crippen molar-refractivity contribution in [2.45, 2.75) is 36.9 Å². The van der Waals surface area contributed by atoms with Crippen molar-refractivity contribution in [1.29, 1.82) is 0 Å². The van der Waals surface area contributed by atoms with E-state index >= 15 is 0 Å². The summed E-state index contributed by atoms with van der Waals surface area (Å²) in [5.74, 6) is 0. The summed E-state index contributed by atoms with van der Waals surface area (Å²) in [6, 6.07) is 7.46. The molecule has 0 aliphatic heterocycles. The first-order valence-electron chi connectivity index (χ1n) is 5.93. The van der Waals surface area contributed by atoms with E-state index in [2.05, 4.69) is 9.97 Å². The number of aryl methyl sites for hydroxylation is 2. The van der Waals surface area contributed by atoms with E-state index in [0.717, 1.165) is 21.8 Å². The highest BCUT2D eigenvalue weighted by Gasteiger charge is 2.09. The number of benzene rings is 1. The van der Waals surface area contributed by atoms with E-state index < -0.39 is 6.10 Å². The smallest absolute Gasteiger partial charge is 0.192 e. The summed E-state index contributed by atoms with van der Waals surface area (Å²) in [4.78, 5) is 9.63. The predicted octanol–water partition coefficient (Wildman–Crippen LogP) is 3.95. The summed E-state index contributed by atoms with van der Waals surface area (Å²) in [5, 5.41) is 10.8. The van der Waals surface area contributed by atoms with Crippen molar-refractivity contribution in [3.63, 3.8) is 0 Å². The Kier molecular flexibility index (Phi) is 4.45. The molecule has 1 atom stereocenters. The fraction of sp³-hybridized carbons (Fsp3) is 0.286. The third kappa shape index (κ3) is 3.69. The average Bonchev–Trinajstić information content (AvgIpc) is 2.30. The van der Waals surface area contributed by atoms with Gasteiger partial charge in [0, 0.05) is 16.3 Å². The van der Waals surface area contributed by atoms with Crippen LogP contribution in [0.25, 0.3) is 0 Å². The van der Waals surface area contributed by atoms with Gasteiger partial charge in [-0.25, -0.2) is 9.97 Å². The molecule has 0 fully saturated rings. The first kappa shape index (κ1) is 14.3. The Morgan fingerprint density at radius 1 is 1.16 bits per heavy atom. The van der Waals surface area contributed by atoms with E-state index in [1.165, 1.54) is 11.8 Å². The molecule has 1 aromatic carbocycles. The van der Waals surface area contributed by atoms with Gasteiger partial charge in [-0.1, -0.05) is 17.7 Å². The lowest BCUT2D eigenvalue weighted by Gasteiger charge is -2.08. The van der Waals surface area contributed by atoms with E-state index in [1.807, 2.05) is 32.0 Å². The zero-order chi connectivity index (χ0) is 14.0. The molecule has 0 saturated heterocycles. The minimum Gasteiger partial charge on any atom is -0.389 e. The summed E-state index contributed by atoms with van der Waals surface area (Å²) in [7, 11) is 0. The number of halogens is 1. The average molecular weight is 295 g/mol. The number of rotatable bonds is 3. The molecule has 0 radical (unpaired) electrons. The second-order valence-electron chi connectivity index (χ2n) is 4.40. The number of aliphatic hydroxyl groups excluding tert-OH is 1. The van der Waals surface area contributed by atoms with Gasteiger partial charge in [0.05, 0.1) is 11.1 Å². The highest BCUT2D eigenvalue weighted by molar-refractivity contribution is 7.99. The van der Waals surface area contributed by atoms with Crippen LogP contribution in [0.2, 0.25) is 5.02 Å². The van der Waals surface area contributed by atoms with Crippen molar-refractivity contribution in [1.82, 2.24) is 9.97 Å². The van der Waals surface area contributed by atoms with E-state index in [0.29, 0.717) is 10.2 Å². The Hall–Kier alpha value is -1.10. The predicted molar refractivity (Wildman–Crippen MR) is 77.7 cm³/mol. The lowest BCUT2D eigenvalue weighted by Crippen LogP contribution is -1.94. The minimum absolute atomic E-state index is 0.519. The monoisotopic (exact) mass is 294 g/mol. The molecule has 1 N–H and O–H groups in total. The summed E-state index contributed by atoms with van der Waals surface area (Å²) in [6.07, 6.45) is -0.519. The minimum atomic E-state index is -0.519. The van der Waals surface area contributed by atoms with Gasteiger partial charge >= 0.3 is 0 Å². The Morgan fingerprint density at radius 3 is 2.32 bits per heavy atom. The SMILES string of the molecule is Cc1cc(C)nc(Sc2ccc([C@H](C)O)cc2Cl)n1. The number of nitrogens with zero attached hydrogens (tertiary/aromatic N) is 2. The van der Waals surface area contributed by atoms with Crippen molar-refractivity contribution in [2.75, 3.05) is 0 Å². The zero-order valence-electron chi connectivity index (χ0n) is 11.0. The molecule has 5 heteroatoms. The summed E-state index contributed by atoms with van der Waals surface area (Å²) >= 11 is 7.64. The molecule has 0 unspecified atom stereocenters. The van der Waals surface area contributed by atoms with E-state index in [1.54, 1.807) is 13.0 Å². The summed E-state index contributed by atoms with van der Waals surface area (Å²) in [6.45, 7) is 5.60. The Bertz CT molecular complexity index is 582. The standard InChI is InChI=1S/C14H15ClN2OS/c1-8-6-9(2)17-14(16-8)19-13-5-4-11(10(3)18)7-12(13)15/h4-7,10,18H,1-3H3/t10-/m0/s1. The topological polar surface area (TPSA) is 46.0 Å². The lowest BCUT2D eigenvalue weighted by atomic mass is 10.1. The molecule has 2 aromatic rings. The molecule has 0 aliphatic carbocycles. The van der Waals surface area contributed by atoms with Crippen LogP contribution >= 0.6 is 23.4 Å². The maximum absolute atomic E-state index is 9.51. The Morgan fingerprint density at radius 2 is 1.79 bits per heavy atom. The first-order valence-corrected chi connectivity index (χ1v) is 7.13. The molecule has 100 valence electrons. The number of aliphatic hydroxyl groups is 1. The molecule has 19 heavy (non-hydrogen) atoms. The van der Waals surface area contributed by atoms with Gasteiger partial charge in [0.15, 0.2) is 5.16 Å². The summed E-state index contributed by atoms with van der Waals surface area (Å²) in [5.41, 5.74) is 2.68. The molecule has 2 rings (SSSR count). The van der Waals surface area contributed by atoms with Gasteiger partial charge in [0.1, 0.15) is 0 Å². The third-order valence-corrected chi connectivity index (χ3v) is 3.97. The van der Waals surface area contributed by atoms with Gasteiger partial charge < -0.3 is 5.11 Å². The summed E-state index contributed by atoms with van der Waals surface area (Å²) < 4.78 is 0. The highest BCUT2D eigenvalue weighted by atomic mass is 35.5. The van der Waals surface area contributed by atoms with Crippen molar-refractivity contribution < 1.29 is 5.11 Å². The van der Waals surface area contributed by atoms with E-state index in [9.17, 15) is 5.11 Å². The fourth-order valence-electron chi connectivity index (χ4n) is 1.70. The molecule has 0 saturated carbocycles. The van der Waals surface area contributed by atoms with Gasteiger partial charge in [-0.15, -0.1) is 0 Å². The quantitative estimate of drug-likeness (QED) is 0.871. The van der Waals surface area contributed by atoms with Gasteiger partial charge in [-0.2, -0.15) is 0 Å². The second-order valence-corrected chi connectivity index (χ2v) is 5.82. The zero-order valence-corrected chi connectivity index (χ0v) is 12.6. The van der Waals surface area contributed by atoms with Crippen LogP contribution in [0.15, 0.2) is 34.3 Å². The molecule has 0 aliphatic rings. The Balaban J connectivity index is 2.28. The Labute approximate surface area is 122 Å². The fourth-order valence-corrected chi connectivity index (χ4v) is 2.87. The molecular weight excluding hydrogens is 280 g/mol. The van der Waals surface area contributed by atoms with Crippen LogP contribution in [-0.4, -0.2) is 15.1 Å². The molecule has 1 heterocycles. The van der Waals surface area contributed by atoms with Crippen LogP contribution < -0.4 is 0 Å². The molecule has 0 amide bonds. The van der Waals surface area contributed by atoms with Crippen LogP contribution in [0.3, 0.4) is 0 Å². The number of aromatic nitrogens is 2. The molecular formula is C14H15ClN2OS. The van der Waals surface area contributed by atoms with Gasteiger partial charge in [0.25, 0.3) is 0 Å². The first-order chi connectivity index (χ1) is 8.95. The molecule has 0 bridgehead atoms. The van der Waals surface area contributed by atoms with E-state index in [4.69, 9.17) is 11.6 Å². The highest BCUT2D eigenvalue weighted by Crippen LogP contribution is 2.33. The van der Waals surface area contributed by atoms with Crippen LogP contribution in [-0.2, 0) is 0 Å². The van der Waals surface area contributed by atoms with Crippen LogP contribution in [0.1, 0.15) is 30.0 Å². The van der Waals surface area contributed by atoms with Crippen LogP contribution in [0, 0.1) is 13.8 Å². The number of hydrogen-bond donors (Lipinski definition) is 1. The maximum atomic E-state index is 9.51. The van der Waals surface area contributed by atoms with Crippen molar-refractivity contribution >= 4 is 23.4 Å². The van der Waals surface area contributed by atoms with Crippen LogP contribution in [0.5, 0.6) is 0 Å². The largest absolute Gasteiger partial charge is 0.389 e. The lowest BCUT2D eigenvalue weighted by molar-refractivity contribution is 0.199. The van der Waals surface area contributed by atoms with Gasteiger partial charge in [0.2, 0.25) is 0 Å². The second kappa shape index (κ2) is 5.90. The number of hydrogen-bond acceptors (Lipinski definition) is 4. The normalized spacial score (nSPS) is 12.5. The van der Waals surface area contributed by atoms with E-state index in [-0.39, 0.29) is 0 Å². The maximum Gasteiger partial charge on any atom is 0.192 e. The molecule has 1 aromatic heterocycles. The van der Waals surface area contributed by atoms with Crippen molar-refractivity contribution in [2.24, 2.45) is 0 Å². The van der Waals surface area contributed by atoms with Crippen LogP contribution in [0.4, 0.5) is 0 Å².